The lowest BCUT2D eigenvalue weighted by atomic mass is 10.2. The van der Waals surface area contributed by atoms with Gasteiger partial charge in [0.2, 0.25) is 9.84 Å². The first-order valence-electron chi connectivity index (χ1n) is 8.65. The number of aryl methyl sites for hydroxylation is 1. The maximum Gasteiger partial charge on any atom is 0.341 e. The zero-order valence-corrected chi connectivity index (χ0v) is 16.2. The fourth-order valence-electron chi connectivity index (χ4n) is 2.77. The Bertz CT molecular complexity index is 1120. The molecule has 3 rings (SSSR count). The van der Waals surface area contributed by atoms with E-state index in [4.69, 9.17) is 0 Å². The first kappa shape index (κ1) is 20.6. The van der Waals surface area contributed by atoms with Crippen LogP contribution in [0.1, 0.15) is 16.1 Å². The van der Waals surface area contributed by atoms with E-state index >= 15 is 0 Å². The topological polar surface area (TPSA) is 93.9 Å². The van der Waals surface area contributed by atoms with Gasteiger partial charge in [0.25, 0.3) is 5.91 Å². The Balaban J connectivity index is 1.70. The summed E-state index contributed by atoms with van der Waals surface area (Å²) in [4.78, 5) is 15.6. The minimum atomic E-state index is -4.88. The van der Waals surface area contributed by atoms with Crippen LogP contribution in [0.25, 0.3) is 11.3 Å². The molecule has 10 heteroatoms. The molecule has 0 atom stereocenters. The minimum absolute atomic E-state index is 0.139. The molecule has 2 aromatic heterocycles. The summed E-state index contributed by atoms with van der Waals surface area (Å²) < 4.78 is 51.0. The van der Waals surface area contributed by atoms with E-state index in [9.17, 15) is 22.0 Å². The van der Waals surface area contributed by atoms with E-state index in [1.807, 2.05) is 25.1 Å². The zero-order chi connectivity index (χ0) is 21.0. The maximum absolute atomic E-state index is 12.9. The van der Waals surface area contributed by atoms with E-state index in [1.54, 1.807) is 17.1 Å². The summed E-state index contributed by atoms with van der Waals surface area (Å²) >= 11 is 0. The first-order valence-corrected chi connectivity index (χ1v) is 10.2. The van der Waals surface area contributed by atoms with Crippen molar-refractivity contribution in [1.82, 2.24) is 20.1 Å². The molecule has 1 N–H and O–H groups in total. The number of benzene rings is 1. The molecule has 7 nitrogen and oxygen atoms in total. The summed E-state index contributed by atoms with van der Waals surface area (Å²) in [5, 5.41) is 7.03. The smallest absolute Gasteiger partial charge is 0.341 e. The van der Waals surface area contributed by atoms with Crippen LogP contribution in [0.4, 0.5) is 8.78 Å². The summed E-state index contributed by atoms with van der Waals surface area (Å²) in [6.07, 6.45) is 3.32. The van der Waals surface area contributed by atoms with Crippen molar-refractivity contribution in [3.63, 3.8) is 0 Å². The van der Waals surface area contributed by atoms with Gasteiger partial charge in [0, 0.05) is 30.2 Å². The Kier molecular flexibility index (Phi) is 6.02. The van der Waals surface area contributed by atoms with Crippen molar-refractivity contribution in [3.05, 3.63) is 66.1 Å². The number of nitrogens with zero attached hydrogens (tertiary/aromatic N) is 3. The highest BCUT2D eigenvalue weighted by Gasteiger charge is 2.30. The monoisotopic (exact) mass is 420 g/mol. The Hall–Kier alpha value is -3.14. The number of nitrogens with one attached hydrogen (secondary N) is 1. The predicted octanol–water partition coefficient (Wildman–Crippen LogP) is 2.68. The number of amides is 1. The van der Waals surface area contributed by atoms with Crippen LogP contribution in [0.5, 0.6) is 0 Å². The Morgan fingerprint density at radius 1 is 1.17 bits per heavy atom. The van der Waals surface area contributed by atoms with Crippen molar-refractivity contribution in [2.75, 3.05) is 6.54 Å². The fourth-order valence-corrected chi connectivity index (χ4v) is 3.70. The first-order chi connectivity index (χ1) is 13.8. The van der Waals surface area contributed by atoms with Gasteiger partial charge < -0.3 is 5.32 Å². The van der Waals surface area contributed by atoms with E-state index in [0.29, 0.717) is 6.54 Å². The van der Waals surface area contributed by atoms with E-state index in [-0.39, 0.29) is 12.1 Å². The third-order valence-electron chi connectivity index (χ3n) is 4.24. The summed E-state index contributed by atoms with van der Waals surface area (Å²) in [5.74, 6) is -4.35. The van der Waals surface area contributed by atoms with Crippen LogP contribution in [0.2, 0.25) is 0 Å². The van der Waals surface area contributed by atoms with Gasteiger partial charge in [0.1, 0.15) is 0 Å². The molecule has 3 aromatic rings. The van der Waals surface area contributed by atoms with Crippen molar-refractivity contribution in [2.24, 2.45) is 0 Å². The van der Waals surface area contributed by atoms with Crippen LogP contribution in [0, 0.1) is 6.92 Å². The second-order valence-electron chi connectivity index (χ2n) is 6.19. The molecule has 29 heavy (non-hydrogen) atoms. The standard InChI is InChI=1S/C19H18F2N4O3S/c1-13-12-16(14-6-8-22-9-7-14)24-25(13)11-10-23-18(26)15-4-2-3-5-17(15)29(27,28)19(20)21/h2-9,12,19H,10-11H2,1H3,(H,23,26). The van der Waals surface area contributed by atoms with Crippen LogP contribution in [-0.2, 0) is 16.4 Å². The number of sulfone groups is 1. The number of alkyl halides is 2. The van der Waals surface area contributed by atoms with Crippen molar-refractivity contribution < 1.29 is 22.0 Å². The molecule has 0 saturated heterocycles. The highest BCUT2D eigenvalue weighted by molar-refractivity contribution is 7.91. The van der Waals surface area contributed by atoms with Crippen LogP contribution in [0.15, 0.2) is 59.8 Å². The number of carbonyl (C=O) groups excluding carboxylic acids is 1. The molecular formula is C19H18F2N4O3S. The molecule has 0 radical (unpaired) electrons. The van der Waals surface area contributed by atoms with Gasteiger partial charge >= 0.3 is 5.76 Å². The summed E-state index contributed by atoms with van der Waals surface area (Å²) in [5.41, 5.74) is 2.20. The van der Waals surface area contributed by atoms with Crippen molar-refractivity contribution in [3.8, 4) is 11.3 Å². The van der Waals surface area contributed by atoms with E-state index < -0.39 is 26.4 Å². The quantitative estimate of drug-likeness (QED) is 0.634. The lowest BCUT2D eigenvalue weighted by Crippen LogP contribution is -2.29. The highest BCUT2D eigenvalue weighted by atomic mass is 32.2. The van der Waals surface area contributed by atoms with E-state index in [1.165, 1.54) is 18.2 Å². The normalized spacial score (nSPS) is 11.6. The van der Waals surface area contributed by atoms with Gasteiger partial charge in [-0.05, 0) is 37.3 Å². The maximum atomic E-state index is 12.9. The number of pyridine rings is 1. The average molecular weight is 420 g/mol. The SMILES string of the molecule is Cc1cc(-c2ccncc2)nn1CCNC(=O)c1ccccc1S(=O)(=O)C(F)F. The van der Waals surface area contributed by atoms with Gasteiger partial charge in [-0.2, -0.15) is 13.9 Å². The molecule has 1 aromatic carbocycles. The van der Waals surface area contributed by atoms with E-state index in [0.717, 1.165) is 23.0 Å². The third kappa shape index (κ3) is 4.48. The number of hydrogen-bond donors (Lipinski definition) is 1. The van der Waals surface area contributed by atoms with Crippen molar-refractivity contribution in [2.45, 2.75) is 24.1 Å². The van der Waals surface area contributed by atoms with Gasteiger partial charge in [0.05, 0.1) is 22.7 Å². The number of halogens is 2. The summed E-state index contributed by atoms with van der Waals surface area (Å²) in [6.45, 7) is 2.33. The van der Waals surface area contributed by atoms with Gasteiger partial charge in [-0.1, -0.05) is 12.1 Å². The Morgan fingerprint density at radius 3 is 2.55 bits per heavy atom. The molecule has 0 spiro atoms. The largest absolute Gasteiger partial charge is 0.350 e. The Labute approximate surface area is 166 Å². The van der Waals surface area contributed by atoms with Crippen LogP contribution in [-0.4, -0.2) is 41.4 Å². The molecule has 0 unspecified atom stereocenters. The zero-order valence-electron chi connectivity index (χ0n) is 15.4. The second kappa shape index (κ2) is 8.48. The predicted molar refractivity (Wildman–Crippen MR) is 102 cm³/mol. The molecule has 2 heterocycles. The lowest BCUT2D eigenvalue weighted by molar-refractivity contribution is 0.0948. The van der Waals surface area contributed by atoms with Crippen LogP contribution >= 0.6 is 0 Å². The van der Waals surface area contributed by atoms with Gasteiger partial charge in [-0.15, -0.1) is 0 Å². The minimum Gasteiger partial charge on any atom is -0.350 e. The van der Waals surface area contributed by atoms with Crippen LogP contribution in [0.3, 0.4) is 0 Å². The number of aromatic nitrogens is 3. The molecule has 0 aliphatic carbocycles. The number of hydrogen-bond acceptors (Lipinski definition) is 5. The van der Waals surface area contributed by atoms with Crippen molar-refractivity contribution in [1.29, 1.82) is 0 Å². The Morgan fingerprint density at radius 2 is 1.86 bits per heavy atom. The van der Waals surface area contributed by atoms with Gasteiger partial charge in [-0.25, -0.2) is 8.42 Å². The fraction of sp³-hybridized carbons (Fsp3) is 0.211. The van der Waals surface area contributed by atoms with Gasteiger partial charge in [-0.3, -0.25) is 14.5 Å². The summed E-state index contributed by atoms with van der Waals surface area (Å²) in [7, 11) is -4.88. The van der Waals surface area contributed by atoms with Crippen LogP contribution < -0.4 is 5.32 Å². The molecule has 1 amide bonds. The molecular weight excluding hydrogens is 402 g/mol. The summed E-state index contributed by atoms with van der Waals surface area (Å²) in [6, 6.07) is 10.4. The number of rotatable bonds is 7. The van der Waals surface area contributed by atoms with Crippen molar-refractivity contribution >= 4 is 15.7 Å². The molecule has 152 valence electrons. The molecule has 0 aliphatic heterocycles. The highest BCUT2D eigenvalue weighted by Crippen LogP contribution is 2.22. The second-order valence-corrected chi connectivity index (χ2v) is 8.07. The average Bonchev–Trinajstić information content (AvgIpc) is 3.09. The molecule has 0 bridgehead atoms. The molecule has 0 aliphatic rings. The third-order valence-corrected chi connectivity index (χ3v) is 5.68. The van der Waals surface area contributed by atoms with E-state index in [2.05, 4.69) is 15.4 Å². The van der Waals surface area contributed by atoms with Gasteiger partial charge in [0.15, 0.2) is 0 Å². The number of carbonyl (C=O) groups is 1. The molecule has 0 saturated carbocycles. The molecule has 0 fully saturated rings. The lowest BCUT2D eigenvalue weighted by Gasteiger charge is -2.11.